The van der Waals surface area contributed by atoms with Crippen LogP contribution in [0.4, 0.5) is 0 Å². The van der Waals surface area contributed by atoms with E-state index in [9.17, 15) is 4.79 Å². The van der Waals surface area contributed by atoms with Crippen LogP contribution < -0.4 is 0 Å². The van der Waals surface area contributed by atoms with Crippen molar-refractivity contribution in [1.29, 1.82) is 0 Å². The lowest BCUT2D eigenvalue weighted by Crippen LogP contribution is -2.48. The van der Waals surface area contributed by atoms with Gasteiger partial charge >= 0.3 is 0 Å². The molecule has 96 valence electrons. The van der Waals surface area contributed by atoms with Crippen LogP contribution in [0.15, 0.2) is 0 Å². The molecular formula is C14H24N2O. The lowest BCUT2D eigenvalue weighted by atomic mass is 10.0. The minimum atomic E-state index is 0.183. The summed E-state index contributed by atoms with van der Waals surface area (Å²) in [6, 6.07) is 0.183. The molecule has 2 saturated heterocycles. The van der Waals surface area contributed by atoms with Crippen molar-refractivity contribution in [3.05, 3.63) is 0 Å². The van der Waals surface area contributed by atoms with Gasteiger partial charge in [0, 0.05) is 13.1 Å². The maximum Gasteiger partial charge on any atom is 0.239 e. The first kappa shape index (κ1) is 11.5. The monoisotopic (exact) mass is 236 g/mol. The molecule has 17 heavy (non-hydrogen) atoms. The molecule has 0 aromatic heterocycles. The van der Waals surface area contributed by atoms with Crippen molar-refractivity contribution in [2.24, 2.45) is 11.8 Å². The molecule has 3 atom stereocenters. The zero-order valence-electron chi connectivity index (χ0n) is 10.9. The summed E-state index contributed by atoms with van der Waals surface area (Å²) in [5, 5.41) is 0. The van der Waals surface area contributed by atoms with Gasteiger partial charge in [-0.25, -0.2) is 0 Å². The van der Waals surface area contributed by atoms with Gasteiger partial charge in [-0.15, -0.1) is 0 Å². The van der Waals surface area contributed by atoms with E-state index >= 15 is 0 Å². The summed E-state index contributed by atoms with van der Waals surface area (Å²) in [6.07, 6.45) is 7.65. The normalized spacial score (nSPS) is 38.4. The van der Waals surface area contributed by atoms with Crippen molar-refractivity contribution < 1.29 is 4.79 Å². The van der Waals surface area contributed by atoms with E-state index in [0.29, 0.717) is 5.91 Å². The average Bonchev–Trinajstić information content (AvgIpc) is 2.88. The highest BCUT2D eigenvalue weighted by Gasteiger charge is 2.40. The van der Waals surface area contributed by atoms with Crippen molar-refractivity contribution in [3.63, 3.8) is 0 Å². The zero-order chi connectivity index (χ0) is 11.8. The third-order valence-electron chi connectivity index (χ3n) is 5.09. The third-order valence-corrected chi connectivity index (χ3v) is 5.09. The number of piperidine rings is 1. The molecule has 0 spiro atoms. The molecule has 3 aliphatic rings. The van der Waals surface area contributed by atoms with E-state index in [1.54, 1.807) is 0 Å². The number of hydrogen-bond donors (Lipinski definition) is 0. The SMILES string of the molecule is CN1CCCC[C@@H]1C(=O)N1C[C@H]2CCC[C@H]2C1. The number of carbonyl (C=O) groups is 1. The van der Waals surface area contributed by atoms with Crippen LogP contribution >= 0.6 is 0 Å². The van der Waals surface area contributed by atoms with Gasteiger partial charge in [0.25, 0.3) is 0 Å². The molecule has 3 fully saturated rings. The first-order valence-electron chi connectivity index (χ1n) is 7.25. The molecule has 0 N–H and O–H groups in total. The Morgan fingerprint density at radius 3 is 2.35 bits per heavy atom. The Labute approximate surface area is 104 Å². The minimum absolute atomic E-state index is 0.183. The maximum atomic E-state index is 12.5. The fourth-order valence-electron chi connectivity index (χ4n) is 4.01. The first-order chi connectivity index (χ1) is 8.25. The summed E-state index contributed by atoms with van der Waals surface area (Å²) in [6.45, 7) is 3.19. The molecule has 0 bridgehead atoms. The summed E-state index contributed by atoms with van der Waals surface area (Å²) in [7, 11) is 2.11. The van der Waals surface area contributed by atoms with Crippen LogP contribution in [0.2, 0.25) is 0 Å². The molecule has 1 aliphatic carbocycles. The van der Waals surface area contributed by atoms with Crippen LogP contribution in [0.1, 0.15) is 38.5 Å². The van der Waals surface area contributed by atoms with E-state index < -0.39 is 0 Å². The Morgan fingerprint density at radius 2 is 1.71 bits per heavy atom. The van der Waals surface area contributed by atoms with Crippen LogP contribution in [-0.4, -0.2) is 48.4 Å². The number of carbonyl (C=O) groups excluding carboxylic acids is 1. The lowest BCUT2D eigenvalue weighted by molar-refractivity contribution is -0.136. The number of hydrogen-bond acceptors (Lipinski definition) is 2. The van der Waals surface area contributed by atoms with Gasteiger partial charge in [0.1, 0.15) is 0 Å². The quantitative estimate of drug-likeness (QED) is 0.692. The number of amides is 1. The van der Waals surface area contributed by atoms with E-state index in [1.165, 1.54) is 32.1 Å². The predicted octanol–water partition coefficient (Wildman–Crippen LogP) is 1.73. The summed E-state index contributed by atoms with van der Waals surface area (Å²) >= 11 is 0. The van der Waals surface area contributed by atoms with Gasteiger partial charge in [0.15, 0.2) is 0 Å². The Balaban J connectivity index is 1.62. The Kier molecular flexibility index (Phi) is 3.12. The second kappa shape index (κ2) is 4.60. The number of nitrogens with zero attached hydrogens (tertiary/aromatic N) is 2. The van der Waals surface area contributed by atoms with E-state index in [1.807, 2.05) is 0 Å². The summed E-state index contributed by atoms with van der Waals surface area (Å²) in [5.74, 6) is 2.07. The lowest BCUT2D eigenvalue weighted by Gasteiger charge is -2.34. The second-order valence-corrected chi connectivity index (χ2v) is 6.19. The standard InChI is InChI=1S/C14H24N2O/c1-15-8-3-2-7-13(15)14(17)16-9-11-5-4-6-12(11)10-16/h11-13H,2-10H2,1H3/t11-,12+,13-/m1/s1. The van der Waals surface area contributed by atoms with Crippen LogP contribution in [0.5, 0.6) is 0 Å². The van der Waals surface area contributed by atoms with Gasteiger partial charge in [-0.2, -0.15) is 0 Å². The highest BCUT2D eigenvalue weighted by atomic mass is 16.2. The van der Waals surface area contributed by atoms with E-state index in [4.69, 9.17) is 0 Å². The predicted molar refractivity (Wildman–Crippen MR) is 67.7 cm³/mol. The van der Waals surface area contributed by atoms with Crippen LogP contribution in [0, 0.1) is 11.8 Å². The molecule has 2 heterocycles. The van der Waals surface area contributed by atoms with Gasteiger partial charge in [-0.05, 0) is 51.1 Å². The Morgan fingerprint density at radius 1 is 1.00 bits per heavy atom. The Hall–Kier alpha value is -0.570. The van der Waals surface area contributed by atoms with Crippen LogP contribution in [-0.2, 0) is 4.79 Å². The molecule has 1 amide bonds. The average molecular weight is 236 g/mol. The number of fused-ring (bicyclic) bond motifs is 1. The van der Waals surface area contributed by atoms with Crippen molar-refractivity contribution in [3.8, 4) is 0 Å². The van der Waals surface area contributed by atoms with Gasteiger partial charge < -0.3 is 4.90 Å². The second-order valence-electron chi connectivity index (χ2n) is 6.19. The molecule has 3 nitrogen and oxygen atoms in total. The van der Waals surface area contributed by atoms with Crippen molar-refractivity contribution >= 4 is 5.91 Å². The third kappa shape index (κ3) is 2.10. The fourth-order valence-corrected chi connectivity index (χ4v) is 4.01. The smallest absolute Gasteiger partial charge is 0.239 e. The molecule has 1 saturated carbocycles. The molecule has 0 radical (unpaired) electrons. The molecule has 3 heteroatoms. The van der Waals surface area contributed by atoms with Crippen LogP contribution in [0.3, 0.4) is 0 Å². The molecular weight excluding hydrogens is 212 g/mol. The van der Waals surface area contributed by atoms with Crippen molar-refractivity contribution in [2.45, 2.75) is 44.6 Å². The van der Waals surface area contributed by atoms with E-state index in [0.717, 1.165) is 37.9 Å². The Bertz CT molecular complexity index is 293. The summed E-state index contributed by atoms with van der Waals surface area (Å²) in [5.41, 5.74) is 0. The number of rotatable bonds is 1. The fraction of sp³-hybridized carbons (Fsp3) is 0.929. The highest BCUT2D eigenvalue weighted by molar-refractivity contribution is 5.82. The first-order valence-corrected chi connectivity index (χ1v) is 7.25. The zero-order valence-corrected chi connectivity index (χ0v) is 10.9. The van der Waals surface area contributed by atoms with Crippen molar-refractivity contribution in [1.82, 2.24) is 9.80 Å². The highest BCUT2D eigenvalue weighted by Crippen LogP contribution is 2.38. The molecule has 3 rings (SSSR count). The topological polar surface area (TPSA) is 23.6 Å². The largest absolute Gasteiger partial charge is 0.341 e. The number of likely N-dealkylation sites (N-methyl/N-ethyl adjacent to an activating group) is 1. The van der Waals surface area contributed by atoms with E-state index in [2.05, 4.69) is 16.8 Å². The molecule has 2 aliphatic heterocycles. The van der Waals surface area contributed by atoms with Gasteiger partial charge in [-0.3, -0.25) is 9.69 Å². The molecule has 0 aromatic rings. The van der Waals surface area contributed by atoms with E-state index in [-0.39, 0.29) is 6.04 Å². The van der Waals surface area contributed by atoms with Crippen LogP contribution in [0.25, 0.3) is 0 Å². The van der Waals surface area contributed by atoms with Gasteiger partial charge in [0.2, 0.25) is 5.91 Å². The maximum absolute atomic E-state index is 12.5. The van der Waals surface area contributed by atoms with Crippen molar-refractivity contribution in [2.75, 3.05) is 26.7 Å². The van der Waals surface area contributed by atoms with Gasteiger partial charge in [0.05, 0.1) is 6.04 Å². The summed E-state index contributed by atoms with van der Waals surface area (Å²) < 4.78 is 0. The van der Waals surface area contributed by atoms with Gasteiger partial charge in [-0.1, -0.05) is 12.8 Å². The minimum Gasteiger partial charge on any atom is -0.341 e. The summed E-state index contributed by atoms with van der Waals surface area (Å²) in [4.78, 5) is 17.0. The molecule has 0 unspecified atom stereocenters. The molecule has 0 aromatic carbocycles. The number of likely N-dealkylation sites (tertiary alicyclic amines) is 2.